The molecule has 0 spiro atoms. The van der Waals surface area contributed by atoms with Crippen molar-refractivity contribution in [3.05, 3.63) is 62.9 Å². The Labute approximate surface area is 180 Å². The van der Waals surface area contributed by atoms with E-state index >= 15 is 0 Å². The lowest BCUT2D eigenvalue weighted by atomic mass is 10.0. The van der Waals surface area contributed by atoms with Gasteiger partial charge in [0.2, 0.25) is 0 Å². The fraction of sp³-hybridized carbons (Fsp3) is 0.522. The molecule has 0 fully saturated rings. The van der Waals surface area contributed by atoms with Crippen LogP contribution >= 0.6 is 0 Å². The molecule has 2 rings (SSSR count). The van der Waals surface area contributed by atoms with Gasteiger partial charge < -0.3 is 9.33 Å². The molecule has 1 aromatic rings. The number of aryl methyl sites for hydroxylation is 2. The van der Waals surface area contributed by atoms with Gasteiger partial charge in [-0.3, -0.25) is 14.9 Å². The van der Waals surface area contributed by atoms with Crippen LogP contribution in [0.3, 0.4) is 0 Å². The highest BCUT2D eigenvalue weighted by atomic mass is 28.4. The summed E-state index contributed by atoms with van der Waals surface area (Å²) in [5.74, 6) is -0.354. The molecular weight excluding hydrogens is 396 g/mol. The number of rotatable bonds is 6. The van der Waals surface area contributed by atoms with Crippen molar-refractivity contribution in [1.82, 2.24) is 4.90 Å². The van der Waals surface area contributed by atoms with Crippen molar-refractivity contribution in [2.45, 2.75) is 72.1 Å². The van der Waals surface area contributed by atoms with Crippen molar-refractivity contribution < 1.29 is 14.1 Å². The van der Waals surface area contributed by atoms with Crippen LogP contribution in [0.2, 0.25) is 18.1 Å². The molecule has 0 aromatic heterocycles. The molecule has 1 aliphatic rings. The molecule has 1 heterocycles. The number of carbonyl (C=O) groups excluding carboxylic acids is 1. The minimum Gasteiger partial charge on any atom is -0.415 e. The average molecular weight is 431 g/mol. The van der Waals surface area contributed by atoms with E-state index in [1.54, 1.807) is 17.2 Å². The molecule has 6 nitrogen and oxygen atoms in total. The third-order valence-electron chi connectivity index (χ3n) is 6.27. The largest absolute Gasteiger partial charge is 0.415 e. The van der Waals surface area contributed by atoms with Crippen molar-refractivity contribution in [3.8, 4) is 0 Å². The van der Waals surface area contributed by atoms with Gasteiger partial charge in [-0.15, -0.1) is 0 Å². The average Bonchev–Trinajstić information content (AvgIpc) is 3.03. The molecule has 30 heavy (non-hydrogen) atoms. The first-order chi connectivity index (χ1) is 13.8. The van der Waals surface area contributed by atoms with Gasteiger partial charge in [-0.05, 0) is 68.1 Å². The maximum absolute atomic E-state index is 13.4. The van der Waals surface area contributed by atoms with Gasteiger partial charge >= 0.3 is 0 Å². The summed E-state index contributed by atoms with van der Waals surface area (Å²) in [6, 6.07) is 2.93. The third-order valence-corrected chi connectivity index (χ3v) is 10.8. The van der Waals surface area contributed by atoms with Crippen LogP contribution in [-0.2, 0) is 4.43 Å². The van der Waals surface area contributed by atoms with Gasteiger partial charge in [0.25, 0.3) is 11.6 Å². The number of carbonyl (C=O) groups is 1. The summed E-state index contributed by atoms with van der Waals surface area (Å²) in [6.45, 7) is 16.9. The number of nitro groups is 1. The van der Waals surface area contributed by atoms with Crippen LogP contribution in [0.5, 0.6) is 0 Å². The number of nitrogens with zero attached hydrogens (tertiary/aromatic N) is 2. The maximum Gasteiger partial charge on any atom is 0.282 e. The Hall–Kier alpha value is -2.25. The summed E-state index contributed by atoms with van der Waals surface area (Å²) in [5.41, 5.74) is 2.64. The molecule has 0 saturated heterocycles. The lowest BCUT2D eigenvalue weighted by molar-refractivity contribution is -0.385. The first-order valence-electron chi connectivity index (χ1n) is 10.3. The molecule has 7 heteroatoms. The maximum atomic E-state index is 13.4. The zero-order valence-electron chi connectivity index (χ0n) is 19.4. The second-order valence-corrected chi connectivity index (χ2v) is 14.4. The minimum absolute atomic E-state index is 0.0624. The topological polar surface area (TPSA) is 72.7 Å². The van der Waals surface area contributed by atoms with Gasteiger partial charge in [-0.1, -0.05) is 32.9 Å². The van der Waals surface area contributed by atoms with E-state index in [-0.39, 0.29) is 28.2 Å². The van der Waals surface area contributed by atoms with Gasteiger partial charge in [-0.25, -0.2) is 0 Å². The predicted octanol–water partition coefficient (Wildman–Crippen LogP) is 5.91. The van der Waals surface area contributed by atoms with Gasteiger partial charge in [0.05, 0.1) is 17.6 Å². The monoisotopic (exact) mass is 430 g/mol. The van der Waals surface area contributed by atoms with E-state index in [2.05, 4.69) is 33.9 Å². The molecule has 1 atom stereocenters. The van der Waals surface area contributed by atoms with Crippen LogP contribution in [-0.4, -0.2) is 36.7 Å². The summed E-state index contributed by atoms with van der Waals surface area (Å²) in [5, 5.41) is 11.7. The summed E-state index contributed by atoms with van der Waals surface area (Å²) in [7, 11) is -1.99. The number of hydrogen-bond acceptors (Lipinski definition) is 4. The second-order valence-electron chi connectivity index (χ2n) is 9.56. The van der Waals surface area contributed by atoms with Crippen LogP contribution in [0.25, 0.3) is 0 Å². The van der Waals surface area contributed by atoms with Gasteiger partial charge in [0.1, 0.15) is 5.56 Å². The molecule has 0 bridgehead atoms. The van der Waals surface area contributed by atoms with E-state index in [1.807, 2.05) is 32.9 Å². The fourth-order valence-electron chi connectivity index (χ4n) is 3.18. The zero-order valence-corrected chi connectivity index (χ0v) is 20.4. The van der Waals surface area contributed by atoms with Gasteiger partial charge in [0, 0.05) is 12.3 Å². The van der Waals surface area contributed by atoms with Crippen molar-refractivity contribution in [1.29, 1.82) is 0 Å². The highest BCUT2D eigenvalue weighted by molar-refractivity contribution is 6.74. The number of hydrogen-bond donors (Lipinski definition) is 0. The quantitative estimate of drug-likeness (QED) is 0.319. The highest BCUT2D eigenvalue weighted by Crippen LogP contribution is 2.37. The van der Waals surface area contributed by atoms with E-state index < -0.39 is 13.2 Å². The van der Waals surface area contributed by atoms with E-state index in [0.717, 1.165) is 16.7 Å². The highest BCUT2D eigenvalue weighted by Gasteiger charge is 2.40. The van der Waals surface area contributed by atoms with Gasteiger partial charge in [-0.2, -0.15) is 0 Å². The van der Waals surface area contributed by atoms with Crippen LogP contribution in [0.1, 0.15) is 55.6 Å². The van der Waals surface area contributed by atoms with Crippen molar-refractivity contribution >= 4 is 19.9 Å². The molecule has 1 aromatic carbocycles. The second kappa shape index (κ2) is 8.86. The van der Waals surface area contributed by atoms with Crippen molar-refractivity contribution in [2.24, 2.45) is 0 Å². The normalized spacial score (nSPS) is 17.5. The van der Waals surface area contributed by atoms with E-state index in [9.17, 15) is 14.9 Å². The number of amides is 1. The smallest absolute Gasteiger partial charge is 0.282 e. The molecule has 0 N–H and O–H groups in total. The fourth-order valence-corrected chi connectivity index (χ4v) is 4.22. The Morgan fingerprint density at radius 2 is 1.90 bits per heavy atom. The third kappa shape index (κ3) is 5.07. The van der Waals surface area contributed by atoms with Crippen LogP contribution < -0.4 is 0 Å². The summed E-state index contributed by atoms with van der Waals surface area (Å²) >= 11 is 0. The van der Waals surface area contributed by atoms with Crippen LogP contribution in [0.4, 0.5) is 5.69 Å². The lowest BCUT2D eigenvalue weighted by Crippen LogP contribution is -2.45. The Kier molecular flexibility index (Phi) is 7.09. The summed E-state index contributed by atoms with van der Waals surface area (Å²) < 4.78 is 6.39. The van der Waals surface area contributed by atoms with Crippen LogP contribution in [0, 0.1) is 24.0 Å². The lowest BCUT2D eigenvalue weighted by Gasteiger charge is -2.38. The molecule has 0 unspecified atom stereocenters. The molecule has 1 aliphatic heterocycles. The molecular formula is C23H34N2O4Si. The summed E-state index contributed by atoms with van der Waals surface area (Å²) in [6.07, 6.45) is 6.38. The van der Waals surface area contributed by atoms with Gasteiger partial charge in [0.15, 0.2) is 8.32 Å². The Morgan fingerprint density at radius 1 is 1.30 bits per heavy atom. The summed E-state index contributed by atoms with van der Waals surface area (Å²) in [4.78, 5) is 26.2. The molecule has 0 aliphatic carbocycles. The zero-order chi connectivity index (χ0) is 22.9. The van der Waals surface area contributed by atoms with Crippen LogP contribution in [0.15, 0.2) is 36.1 Å². The SMILES string of the molecule is C/C=C/C1=CN(C(=O)c2cc(C)c(C)cc2[N+](=O)[O-])[C@H](CO[Si](C)(C)C(C)(C)C)C1. The Bertz CT molecular complexity index is 897. The predicted molar refractivity (Wildman–Crippen MR) is 123 cm³/mol. The first kappa shape index (κ1) is 24.0. The minimum atomic E-state index is -1.99. The van der Waals surface area contributed by atoms with Crippen molar-refractivity contribution in [3.63, 3.8) is 0 Å². The Morgan fingerprint density at radius 3 is 2.43 bits per heavy atom. The number of benzene rings is 1. The Balaban J connectivity index is 2.39. The van der Waals surface area contributed by atoms with E-state index in [0.29, 0.717) is 13.0 Å². The molecule has 164 valence electrons. The number of allylic oxidation sites excluding steroid dienone is 2. The number of nitro benzene ring substituents is 1. The molecule has 1 amide bonds. The molecule has 0 saturated carbocycles. The standard InChI is InChI=1S/C23H34N2O4Si/c1-9-10-18-13-19(15-29-30(7,8)23(4,5)6)24(14-18)22(26)20-11-16(2)17(3)12-21(20)25(27)28/h9-12,14,19H,13,15H2,1-8H3/b10-9+/t19-/m0/s1. The molecule has 0 radical (unpaired) electrons. The van der Waals surface area contributed by atoms with Crippen molar-refractivity contribution in [2.75, 3.05) is 6.61 Å². The van der Waals surface area contributed by atoms with E-state index in [1.165, 1.54) is 6.07 Å². The first-order valence-corrected chi connectivity index (χ1v) is 13.2. The van der Waals surface area contributed by atoms with E-state index in [4.69, 9.17) is 4.43 Å².